The Morgan fingerprint density at radius 3 is 2.44 bits per heavy atom. The first-order valence-electron chi connectivity index (χ1n) is 7.03. The van der Waals surface area contributed by atoms with Gasteiger partial charge in [-0.15, -0.1) is 0 Å². The first-order chi connectivity index (χ1) is 7.81. The molecule has 0 saturated heterocycles. The maximum Gasteiger partial charge on any atom is 0.00387 e. The summed E-state index contributed by atoms with van der Waals surface area (Å²) in [5.74, 6) is 1.33. The first kappa shape index (κ1) is 16.3. The minimum Gasteiger partial charge on any atom is -0.314 e. The highest BCUT2D eigenvalue weighted by molar-refractivity contribution is 7.98. The molecule has 1 atom stereocenters. The Morgan fingerprint density at radius 1 is 1.00 bits per heavy atom. The van der Waals surface area contributed by atoms with Gasteiger partial charge < -0.3 is 5.32 Å². The summed E-state index contributed by atoms with van der Waals surface area (Å²) in [5, 5.41) is 3.63. The van der Waals surface area contributed by atoms with Crippen LogP contribution in [0.15, 0.2) is 0 Å². The average molecular weight is 245 g/mol. The fraction of sp³-hybridized carbons (Fsp3) is 1.00. The van der Waals surface area contributed by atoms with E-state index in [0.29, 0.717) is 0 Å². The Kier molecular flexibility index (Phi) is 13.6. The lowest BCUT2D eigenvalue weighted by Crippen LogP contribution is -2.26. The Bertz CT molecular complexity index is 128. The second-order valence-corrected chi connectivity index (χ2v) is 5.74. The lowest BCUT2D eigenvalue weighted by molar-refractivity contribution is 0.473. The summed E-state index contributed by atoms with van der Waals surface area (Å²) < 4.78 is 0. The van der Waals surface area contributed by atoms with E-state index in [0.717, 1.165) is 6.04 Å². The van der Waals surface area contributed by atoms with Gasteiger partial charge >= 0.3 is 0 Å². The van der Waals surface area contributed by atoms with E-state index in [4.69, 9.17) is 0 Å². The van der Waals surface area contributed by atoms with E-state index in [1.54, 1.807) is 0 Å². The zero-order valence-corrected chi connectivity index (χ0v) is 12.4. The normalized spacial score (nSPS) is 12.9. The fourth-order valence-electron chi connectivity index (χ4n) is 1.88. The van der Waals surface area contributed by atoms with Crippen molar-refractivity contribution >= 4 is 11.8 Å². The van der Waals surface area contributed by atoms with Gasteiger partial charge in [-0.25, -0.2) is 0 Å². The van der Waals surface area contributed by atoms with Gasteiger partial charge in [0.25, 0.3) is 0 Å². The molecule has 1 nitrogen and oxygen atoms in total. The van der Waals surface area contributed by atoms with Crippen molar-refractivity contribution < 1.29 is 0 Å². The molecule has 0 bridgehead atoms. The monoisotopic (exact) mass is 245 g/mol. The van der Waals surface area contributed by atoms with E-state index < -0.39 is 0 Å². The molecule has 0 aliphatic heterocycles. The number of nitrogens with one attached hydrogen (secondary N) is 1. The van der Waals surface area contributed by atoms with Crippen LogP contribution in [0.25, 0.3) is 0 Å². The maximum absolute atomic E-state index is 3.63. The van der Waals surface area contributed by atoms with E-state index in [1.165, 1.54) is 63.7 Å². The zero-order valence-electron chi connectivity index (χ0n) is 11.6. The molecule has 0 rings (SSSR count). The van der Waals surface area contributed by atoms with Crippen molar-refractivity contribution in [2.45, 2.75) is 71.3 Å². The van der Waals surface area contributed by atoms with E-state index >= 15 is 0 Å². The van der Waals surface area contributed by atoms with Crippen LogP contribution < -0.4 is 5.32 Å². The van der Waals surface area contributed by atoms with Gasteiger partial charge in [-0.1, -0.05) is 39.0 Å². The van der Waals surface area contributed by atoms with Gasteiger partial charge in [-0.3, -0.25) is 0 Å². The quantitative estimate of drug-likeness (QED) is 0.509. The molecule has 0 aromatic carbocycles. The molecule has 2 heteroatoms. The van der Waals surface area contributed by atoms with Gasteiger partial charge in [0.05, 0.1) is 0 Å². The molecule has 16 heavy (non-hydrogen) atoms. The summed E-state index contributed by atoms with van der Waals surface area (Å²) in [4.78, 5) is 0. The number of hydrogen-bond donors (Lipinski definition) is 1. The minimum absolute atomic E-state index is 0.720. The largest absolute Gasteiger partial charge is 0.314 e. The second kappa shape index (κ2) is 13.4. The van der Waals surface area contributed by atoms with Crippen LogP contribution >= 0.6 is 11.8 Å². The van der Waals surface area contributed by atoms with Gasteiger partial charge in [0.15, 0.2) is 0 Å². The van der Waals surface area contributed by atoms with Gasteiger partial charge in [-0.2, -0.15) is 11.8 Å². The summed E-state index contributed by atoms with van der Waals surface area (Å²) in [7, 11) is 0. The standard InChI is InChI=1S/C14H31NS/c1-4-5-6-8-11-14(2)15-12-9-7-10-13-16-3/h14-15H,4-13H2,1-3H3. The van der Waals surface area contributed by atoms with Crippen molar-refractivity contribution in [2.75, 3.05) is 18.6 Å². The van der Waals surface area contributed by atoms with Crippen molar-refractivity contribution in [1.29, 1.82) is 0 Å². The average Bonchev–Trinajstić information content (AvgIpc) is 2.29. The van der Waals surface area contributed by atoms with E-state index in [-0.39, 0.29) is 0 Å². The van der Waals surface area contributed by atoms with Gasteiger partial charge in [-0.05, 0) is 44.7 Å². The highest BCUT2D eigenvalue weighted by atomic mass is 32.2. The smallest absolute Gasteiger partial charge is 0.00387 e. The van der Waals surface area contributed by atoms with E-state index in [1.807, 2.05) is 11.8 Å². The molecule has 0 radical (unpaired) electrons. The summed E-state index contributed by atoms with van der Waals surface area (Å²) in [6.45, 7) is 5.81. The summed E-state index contributed by atoms with van der Waals surface area (Å²) in [6.07, 6.45) is 13.2. The molecule has 1 unspecified atom stereocenters. The maximum atomic E-state index is 3.63. The van der Waals surface area contributed by atoms with Crippen molar-refractivity contribution in [2.24, 2.45) is 0 Å². The number of unbranched alkanes of at least 4 members (excludes halogenated alkanes) is 5. The third kappa shape index (κ3) is 12.4. The Balaban J connectivity index is 3.08. The van der Waals surface area contributed by atoms with Gasteiger partial charge in [0, 0.05) is 6.04 Å². The van der Waals surface area contributed by atoms with Crippen LogP contribution in [0.3, 0.4) is 0 Å². The zero-order chi connectivity index (χ0) is 12.1. The van der Waals surface area contributed by atoms with E-state index in [2.05, 4.69) is 25.4 Å². The lowest BCUT2D eigenvalue weighted by atomic mass is 10.1. The molecule has 0 aromatic heterocycles. The Labute approximate surface area is 107 Å². The molecule has 0 spiro atoms. The molecule has 0 aromatic rings. The van der Waals surface area contributed by atoms with Crippen molar-refractivity contribution in [3.8, 4) is 0 Å². The Morgan fingerprint density at radius 2 is 1.75 bits per heavy atom. The molecular weight excluding hydrogens is 214 g/mol. The van der Waals surface area contributed by atoms with Crippen molar-refractivity contribution in [3.63, 3.8) is 0 Å². The predicted octanol–water partition coefficient (Wildman–Crippen LogP) is 4.47. The van der Waals surface area contributed by atoms with Gasteiger partial charge in [0.2, 0.25) is 0 Å². The van der Waals surface area contributed by atoms with Gasteiger partial charge in [0.1, 0.15) is 0 Å². The topological polar surface area (TPSA) is 12.0 Å². The molecular formula is C14H31NS. The highest BCUT2D eigenvalue weighted by Crippen LogP contribution is 2.06. The van der Waals surface area contributed by atoms with Crippen LogP contribution in [0.2, 0.25) is 0 Å². The molecule has 1 N–H and O–H groups in total. The molecule has 0 aliphatic carbocycles. The third-order valence-corrected chi connectivity index (χ3v) is 3.71. The summed E-state index contributed by atoms with van der Waals surface area (Å²) in [5.41, 5.74) is 0. The van der Waals surface area contributed by atoms with Crippen LogP contribution in [0, 0.1) is 0 Å². The molecule has 0 fully saturated rings. The summed E-state index contributed by atoms with van der Waals surface area (Å²) >= 11 is 1.96. The van der Waals surface area contributed by atoms with Crippen LogP contribution in [-0.4, -0.2) is 24.6 Å². The molecule has 98 valence electrons. The second-order valence-electron chi connectivity index (χ2n) is 4.76. The van der Waals surface area contributed by atoms with Crippen LogP contribution in [0.4, 0.5) is 0 Å². The number of thioether (sulfide) groups is 1. The highest BCUT2D eigenvalue weighted by Gasteiger charge is 1.99. The third-order valence-electron chi connectivity index (χ3n) is 3.01. The molecule has 0 aliphatic rings. The molecule has 0 amide bonds. The minimum atomic E-state index is 0.720. The van der Waals surface area contributed by atoms with Crippen LogP contribution in [0.1, 0.15) is 65.2 Å². The fourth-order valence-corrected chi connectivity index (χ4v) is 2.37. The molecule has 0 heterocycles. The Hall–Kier alpha value is 0.310. The first-order valence-corrected chi connectivity index (χ1v) is 8.43. The SMILES string of the molecule is CCCCCCC(C)NCCCCCSC. The number of rotatable bonds is 12. The number of hydrogen-bond acceptors (Lipinski definition) is 2. The predicted molar refractivity (Wildman–Crippen MR) is 78.5 cm³/mol. The van der Waals surface area contributed by atoms with Crippen LogP contribution in [0.5, 0.6) is 0 Å². The van der Waals surface area contributed by atoms with Crippen LogP contribution in [-0.2, 0) is 0 Å². The lowest BCUT2D eigenvalue weighted by Gasteiger charge is -2.13. The molecule has 0 saturated carbocycles. The van der Waals surface area contributed by atoms with Crippen molar-refractivity contribution in [1.82, 2.24) is 5.32 Å². The van der Waals surface area contributed by atoms with Crippen molar-refractivity contribution in [3.05, 3.63) is 0 Å². The summed E-state index contributed by atoms with van der Waals surface area (Å²) in [6, 6.07) is 0.720. The van der Waals surface area contributed by atoms with E-state index in [9.17, 15) is 0 Å².